The zero-order valence-electron chi connectivity index (χ0n) is 12.8. The summed E-state index contributed by atoms with van der Waals surface area (Å²) < 4.78 is 1.50. The minimum absolute atomic E-state index is 0.168. The molecule has 0 spiro atoms. The lowest BCUT2D eigenvalue weighted by atomic mass is 10.1. The largest absolute Gasteiger partial charge is 0.324 e. The van der Waals surface area contributed by atoms with Gasteiger partial charge in [-0.2, -0.15) is 0 Å². The molecule has 1 aromatic carbocycles. The van der Waals surface area contributed by atoms with E-state index < -0.39 is 6.04 Å². The standard InChI is InChI=1S/C17H20N2O2/c1-11-8-9-12(2)15(10-11)18-17(21)14(4)19-13(3)6-5-7-16(19)20/h5-10,14H,1-4H3,(H,18,21). The van der Waals surface area contributed by atoms with Crippen LogP contribution in [0.25, 0.3) is 0 Å². The van der Waals surface area contributed by atoms with Crippen LogP contribution in [0.4, 0.5) is 5.69 Å². The Morgan fingerprint density at radius 1 is 1.14 bits per heavy atom. The number of nitrogens with one attached hydrogen (secondary N) is 1. The second-order valence-electron chi connectivity index (χ2n) is 5.36. The van der Waals surface area contributed by atoms with E-state index in [1.807, 2.05) is 45.0 Å². The molecule has 21 heavy (non-hydrogen) atoms. The number of pyridine rings is 1. The van der Waals surface area contributed by atoms with Crippen molar-refractivity contribution < 1.29 is 4.79 Å². The first-order valence-corrected chi connectivity index (χ1v) is 6.96. The summed E-state index contributed by atoms with van der Waals surface area (Å²) in [6, 6.07) is 10.3. The minimum atomic E-state index is -0.557. The molecule has 4 heteroatoms. The molecule has 1 unspecified atom stereocenters. The van der Waals surface area contributed by atoms with E-state index in [1.54, 1.807) is 13.0 Å². The van der Waals surface area contributed by atoms with Crippen molar-refractivity contribution in [2.45, 2.75) is 33.7 Å². The third kappa shape index (κ3) is 3.21. The number of carbonyl (C=O) groups is 1. The van der Waals surface area contributed by atoms with Crippen LogP contribution in [0.5, 0.6) is 0 Å². The van der Waals surface area contributed by atoms with Gasteiger partial charge in [0.15, 0.2) is 0 Å². The molecule has 1 aromatic heterocycles. The molecule has 1 amide bonds. The number of anilines is 1. The number of aryl methyl sites for hydroxylation is 3. The molecule has 4 nitrogen and oxygen atoms in total. The molecular formula is C17H20N2O2. The Bertz CT molecular complexity index is 732. The summed E-state index contributed by atoms with van der Waals surface area (Å²) in [6.45, 7) is 7.47. The van der Waals surface area contributed by atoms with Crippen molar-refractivity contribution in [3.63, 3.8) is 0 Å². The van der Waals surface area contributed by atoms with Gasteiger partial charge >= 0.3 is 0 Å². The number of rotatable bonds is 3. The van der Waals surface area contributed by atoms with Crippen LogP contribution in [0.3, 0.4) is 0 Å². The zero-order valence-corrected chi connectivity index (χ0v) is 12.8. The van der Waals surface area contributed by atoms with E-state index >= 15 is 0 Å². The van der Waals surface area contributed by atoms with E-state index in [9.17, 15) is 9.59 Å². The normalized spacial score (nSPS) is 12.0. The molecule has 0 saturated carbocycles. The van der Waals surface area contributed by atoms with Crippen molar-refractivity contribution >= 4 is 11.6 Å². The lowest BCUT2D eigenvalue weighted by Crippen LogP contribution is -2.32. The number of hydrogen-bond donors (Lipinski definition) is 1. The number of amides is 1. The number of carbonyl (C=O) groups excluding carboxylic acids is 1. The highest BCUT2D eigenvalue weighted by Gasteiger charge is 2.18. The Balaban J connectivity index is 2.28. The third-order valence-electron chi connectivity index (χ3n) is 3.61. The minimum Gasteiger partial charge on any atom is -0.324 e. The summed E-state index contributed by atoms with van der Waals surface area (Å²) >= 11 is 0. The smallest absolute Gasteiger partial charge is 0.251 e. The summed E-state index contributed by atoms with van der Waals surface area (Å²) in [5.74, 6) is -0.194. The van der Waals surface area contributed by atoms with Crippen LogP contribution in [0.2, 0.25) is 0 Å². The van der Waals surface area contributed by atoms with Crippen LogP contribution in [-0.4, -0.2) is 10.5 Å². The average Bonchev–Trinajstić information content (AvgIpc) is 2.42. The fourth-order valence-corrected chi connectivity index (χ4v) is 2.33. The molecule has 0 bridgehead atoms. The van der Waals surface area contributed by atoms with Crippen molar-refractivity contribution in [1.29, 1.82) is 0 Å². The fourth-order valence-electron chi connectivity index (χ4n) is 2.33. The molecule has 0 saturated heterocycles. The highest BCUT2D eigenvalue weighted by molar-refractivity contribution is 5.94. The molecule has 2 rings (SSSR count). The van der Waals surface area contributed by atoms with Gasteiger partial charge in [0, 0.05) is 17.4 Å². The second kappa shape index (κ2) is 5.95. The Kier molecular flexibility index (Phi) is 4.26. The van der Waals surface area contributed by atoms with Crippen LogP contribution in [-0.2, 0) is 4.79 Å². The molecular weight excluding hydrogens is 264 g/mol. The summed E-state index contributed by atoms with van der Waals surface area (Å²) in [4.78, 5) is 24.4. The maximum Gasteiger partial charge on any atom is 0.251 e. The first-order chi connectivity index (χ1) is 9.90. The van der Waals surface area contributed by atoms with Gasteiger partial charge in [0.25, 0.3) is 5.56 Å². The highest BCUT2D eigenvalue weighted by atomic mass is 16.2. The Hall–Kier alpha value is -2.36. The molecule has 1 atom stereocenters. The van der Waals surface area contributed by atoms with E-state index in [0.29, 0.717) is 0 Å². The van der Waals surface area contributed by atoms with Gasteiger partial charge < -0.3 is 9.88 Å². The van der Waals surface area contributed by atoms with Crippen LogP contribution < -0.4 is 10.9 Å². The molecule has 0 aliphatic heterocycles. The van der Waals surface area contributed by atoms with Gasteiger partial charge in [0.05, 0.1) is 0 Å². The summed E-state index contributed by atoms with van der Waals surface area (Å²) in [7, 11) is 0. The number of hydrogen-bond acceptors (Lipinski definition) is 2. The Labute approximate surface area is 124 Å². The predicted molar refractivity (Wildman–Crippen MR) is 84.7 cm³/mol. The monoisotopic (exact) mass is 284 g/mol. The molecule has 0 radical (unpaired) electrons. The van der Waals surface area contributed by atoms with Crippen LogP contribution in [0.1, 0.15) is 29.8 Å². The fraction of sp³-hybridized carbons (Fsp3) is 0.294. The van der Waals surface area contributed by atoms with Crippen molar-refractivity contribution in [2.24, 2.45) is 0 Å². The maximum atomic E-state index is 12.4. The predicted octanol–water partition coefficient (Wildman–Crippen LogP) is 2.97. The maximum absolute atomic E-state index is 12.4. The molecule has 110 valence electrons. The van der Waals surface area contributed by atoms with Gasteiger partial charge in [-0.3, -0.25) is 9.59 Å². The zero-order chi connectivity index (χ0) is 15.6. The number of aromatic nitrogens is 1. The van der Waals surface area contributed by atoms with Gasteiger partial charge in [-0.25, -0.2) is 0 Å². The van der Waals surface area contributed by atoms with Gasteiger partial charge in [-0.05, 0) is 51.0 Å². The van der Waals surface area contributed by atoms with Gasteiger partial charge in [0.2, 0.25) is 5.91 Å². The molecule has 0 aliphatic rings. The topological polar surface area (TPSA) is 51.1 Å². The van der Waals surface area contributed by atoms with Crippen LogP contribution in [0.15, 0.2) is 41.2 Å². The van der Waals surface area contributed by atoms with Gasteiger partial charge in [-0.15, -0.1) is 0 Å². The summed E-state index contributed by atoms with van der Waals surface area (Å²) in [5.41, 5.74) is 3.47. The van der Waals surface area contributed by atoms with Crippen LogP contribution in [0, 0.1) is 20.8 Å². The van der Waals surface area contributed by atoms with Crippen molar-refractivity contribution in [3.05, 3.63) is 63.6 Å². The average molecular weight is 284 g/mol. The van der Waals surface area contributed by atoms with Crippen molar-refractivity contribution in [1.82, 2.24) is 4.57 Å². The van der Waals surface area contributed by atoms with Crippen molar-refractivity contribution in [3.8, 4) is 0 Å². The highest BCUT2D eigenvalue weighted by Crippen LogP contribution is 2.18. The summed E-state index contributed by atoms with van der Waals surface area (Å²) in [6.07, 6.45) is 0. The molecule has 1 N–H and O–H groups in total. The van der Waals surface area contributed by atoms with Gasteiger partial charge in [0.1, 0.15) is 6.04 Å². The van der Waals surface area contributed by atoms with Crippen LogP contribution >= 0.6 is 0 Å². The molecule has 2 aromatic rings. The Morgan fingerprint density at radius 2 is 1.86 bits per heavy atom. The van der Waals surface area contributed by atoms with E-state index in [2.05, 4.69) is 5.32 Å². The van der Waals surface area contributed by atoms with E-state index in [-0.39, 0.29) is 11.5 Å². The van der Waals surface area contributed by atoms with Gasteiger partial charge in [-0.1, -0.05) is 18.2 Å². The SMILES string of the molecule is Cc1ccc(C)c(NC(=O)C(C)n2c(C)cccc2=O)c1. The number of nitrogens with zero attached hydrogens (tertiary/aromatic N) is 1. The third-order valence-corrected chi connectivity index (χ3v) is 3.61. The molecule has 0 aliphatic carbocycles. The summed E-state index contributed by atoms with van der Waals surface area (Å²) in [5, 5.41) is 2.91. The number of benzene rings is 1. The van der Waals surface area contributed by atoms with E-state index in [4.69, 9.17) is 0 Å². The van der Waals surface area contributed by atoms with E-state index in [1.165, 1.54) is 10.6 Å². The van der Waals surface area contributed by atoms with Crippen molar-refractivity contribution in [2.75, 3.05) is 5.32 Å². The first-order valence-electron chi connectivity index (χ1n) is 6.96. The molecule has 1 heterocycles. The quantitative estimate of drug-likeness (QED) is 0.942. The molecule has 0 fully saturated rings. The lowest BCUT2D eigenvalue weighted by Gasteiger charge is -2.18. The Morgan fingerprint density at radius 3 is 2.52 bits per heavy atom. The van der Waals surface area contributed by atoms with E-state index in [0.717, 1.165) is 22.5 Å². The lowest BCUT2D eigenvalue weighted by molar-refractivity contribution is -0.118. The first kappa shape index (κ1) is 15.0. The second-order valence-corrected chi connectivity index (χ2v) is 5.36.